The highest BCUT2D eigenvalue weighted by Gasteiger charge is 2.43. The van der Waals surface area contributed by atoms with Crippen LogP contribution in [0.5, 0.6) is 0 Å². The van der Waals surface area contributed by atoms with E-state index in [1.807, 2.05) is 13.8 Å². The van der Waals surface area contributed by atoms with Crippen LogP contribution < -0.4 is 0 Å². The van der Waals surface area contributed by atoms with E-state index < -0.39 is 30.4 Å². The van der Waals surface area contributed by atoms with E-state index >= 15 is 0 Å². The van der Waals surface area contributed by atoms with E-state index in [0.717, 1.165) is 4.90 Å². The van der Waals surface area contributed by atoms with Gasteiger partial charge in [0.1, 0.15) is 6.04 Å². The van der Waals surface area contributed by atoms with E-state index in [1.54, 1.807) is 54.6 Å². The van der Waals surface area contributed by atoms with Crippen molar-refractivity contribution >= 4 is 23.6 Å². The number of nitrogens with zero attached hydrogens (tertiary/aromatic N) is 1. The van der Waals surface area contributed by atoms with Crippen molar-refractivity contribution < 1.29 is 23.9 Å². The predicted octanol–water partition coefficient (Wildman–Crippen LogP) is 3.12. The van der Waals surface area contributed by atoms with Crippen molar-refractivity contribution in [2.75, 3.05) is 6.61 Å². The Morgan fingerprint density at radius 1 is 0.893 bits per heavy atom. The van der Waals surface area contributed by atoms with Gasteiger partial charge in [0.2, 0.25) is 0 Å². The molecule has 3 rings (SSSR count). The lowest BCUT2D eigenvalue weighted by Crippen LogP contribution is -2.46. The minimum Gasteiger partial charge on any atom is -0.456 e. The molecule has 0 fully saturated rings. The number of ether oxygens (including phenoxy) is 1. The molecule has 0 bridgehead atoms. The number of rotatable bonds is 7. The van der Waals surface area contributed by atoms with Crippen LogP contribution in [0.15, 0.2) is 54.6 Å². The molecule has 6 nitrogen and oxygen atoms in total. The summed E-state index contributed by atoms with van der Waals surface area (Å²) in [4.78, 5) is 51.3. The van der Waals surface area contributed by atoms with Crippen LogP contribution in [0, 0.1) is 5.92 Å². The van der Waals surface area contributed by atoms with Crippen LogP contribution in [0.3, 0.4) is 0 Å². The minimum atomic E-state index is -1.07. The number of carbonyl (C=O) groups excluding carboxylic acids is 4. The van der Waals surface area contributed by atoms with Crippen molar-refractivity contribution in [1.82, 2.24) is 4.90 Å². The molecule has 6 heteroatoms. The molecule has 2 aromatic rings. The van der Waals surface area contributed by atoms with Gasteiger partial charge in [-0.25, -0.2) is 4.79 Å². The fourth-order valence-corrected chi connectivity index (χ4v) is 3.18. The second kappa shape index (κ2) is 8.17. The molecule has 0 saturated heterocycles. The van der Waals surface area contributed by atoms with Gasteiger partial charge in [-0.05, 0) is 24.5 Å². The molecule has 1 aliphatic heterocycles. The lowest BCUT2D eigenvalue weighted by molar-refractivity contribution is -0.147. The van der Waals surface area contributed by atoms with Crippen LogP contribution in [0.2, 0.25) is 0 Å². The Morgan fingerprint density at radius 3 is 1.96 bits per heavy atom. The Kier molecular flexibility index (Phi) is 5.68. The number of esters is 1. The average Bonchev–Trinajstić information content (AvgIpc) is 2.95. The third kappa shape index (κ3) is 3.86. The monoisotopic (exact) mass is 379 g/mol. The van der Waals surface area contributed by atoms with Crippen molar-refractivity contribution in [3.8, 4) is 0 Å². The van der Waals surface area contributed by atoms with E-state index in [4.69, 9.17) is 4.74 Å². The SMILES string of the molecule is CC(C)CC(C(=O)OCC(=O)c1ccccc1)N1C(=O)c2ccccc2C1=O. The van der Waals surface area contributed by atoms with Gasteiger partial charge in [-0.3, -0.25) is 19.3 Å². The molecule has 28 heavy (non-hydrogen) atoms. The summed E-state index contributed by atoms with van der Waals surface area (Å²) in [5.41, 5.74) is 0.972. The van der Waals surface area contributed by atoms with E-state index in [9.17, 15) is 19.2 Å². The molecule has 144 valence electrons. The zero-order chi connectivity index (χ0) is 20.3. The molecule has 1 unspecified atom stereocenters. The Balaban J connectivity index is 1.77. The molecular formula is C22H21NO5. The normalized spacial score (nSPS) is 14.2. The smallest absolute Gasteiger partial charge is 0.329 e. The van der Waals surface area contributed by atoms with E-state index in [-0.39, 0.29) is 29.2 Å². The average molecular weight is 379 g/mol. The number of hydrogen-bond acceptors (Lipinski definition) is 5. The maximum absolute atomic E-state index is 12.7. The number of Topliss-reactive ketones (excluding diaryl/α,β-unsaturated/α-hetero) is 1. The Bertz CT molecular complexity index is 885. The van der Waals surface area contributed by atoms with Crippen molar-refractivity contribution in [1.29, 1.82) is 0 Å². The van der Waals surface area contributed by atoms with Crippen molar-refractivity contribution in [2.24, 2.45) is 5.92 Å². The summed E-state index contributed by atoms with van der Waals surface area (Å²) < 4.78 is 5.19. The van der Waals surface area contributed by atoms with Gasteiger partial charge in [0, 0.05) is 5.56 Å². The molecule has 1 heterocycles. The molecule has 0 spiro atoms. The first-order chi connectivity index (χ1) is 13.4. The molecule has 1 aliphatic rings. The first-order valence-corrected chi connectivity index (χ1v) is 9.12. The van der Waals surface area contributed by atoms with Gasteiger partial charge in [-0.2, -0.15) is 0 Å². The third-order valence-corrected chi connectivity index (χ3v) is 4.55. The maximum atomic E-state index is 12.7. The fraction of sp³-hybridized carbons (Fsp3) is 0.273. The number of hydrogen-bond donors (Lipinski definition) is 0. The lowest BCUT2D eigenvalue weighted by atomic mass is 10.0. The lowest BCUT2D eigenvalue weighted by Gasteiger charge is -2.25. The number of amides is 2. The predicted molar refractivity (Wildman–Crippen MR) is 102 cm³/mol. The molecule has 2 aromatic carbocycles. The highest BCUT2D eigenvalue weighted by Crippen LogP contribution is 2.27. The summed E-state index contributed by atoms with van der Waals surface area (Å²) in [6.45, 7) is 3.32. The summed E-state index contributed by atoms with van der Waals surface area (Å²) in [7, 11) is 0. The zero-order valence-corrected chi connectivity index (χ0v) is 15.8. The van der Waals surface area contributed by atoms with Crippen molar-refractivity contribution in [2.45, 2.75) is 26.3 Å². The minimum absolute atomic E-state index is 0.0340. The van der Waals surface area contributed by atoms with Gasteiger partial charge in [0.15, 0.2) is 12.4 Å². The van der Waals surface area contributed by atoms with Crippen LogP contribution in [-0.2, 0) is 9.53 Å². The van der Waals surface area contributed by atoms with Gasteiger partial charge in [0.05, 0.1) is 11.1 Å². The highest BCUT2D eigenvalue weighted by atomic mass is 16.5. The zero-order valence-electron chi connectivity index (χ0n) is 15.8. The van der Waals surface area contributed by atoms with E-state index in [2.05, 4.69) is 0 Å². The summed E-state index contributed by atoms with van der Waals surface area (Å²) in [5.74, 6) is -2.10. The number of ketones is 1. The molecule has 2 amide bonds. The van der Waals surface area contributed by atoms with E-state index in [1.165, 1.54) is 0 Å². The second-order valence-electron chi connectivity index (χ2n) is 7.07. The van der Waals surface area contributed by atoms with Crippen molar-refractivity contribution in [3.05, 3.63) is 71.3 Å². The Hall–Kier alpha value is -3.28. The van der Waals surface area contributed by atoms with Crippen LogP contribution in [-0.4, -0.2) is 41.1 Å². The van der Waals surface area contributed by atoms with E-state index in [0.29, 0.717) is 5.56 Å². The quantitative estimate of drug-likeness (QED) is 0.419. The highest BCUT2D eigenvalue weighted by molar-refractivity contribution is 6.22. The van der Waals surface area contributed by atoms with Gasteiger partial charge in [0.25, 0.3) is 11.8 Å². The van der Waals surface area contributed by atoms with Crippen LogP contribution in [0.1, 0.15) is 51.3 Å². The largest absolute Gasteiger partial charge is 0.456 e. The van der Waals surface area contributed by atoms with Crippen LogP contribution in [0.4, 0.5) is 0 Å². The molecule has 0 aliphatic carbocycles. The van der Waals surface area contributed by atoms with Crippen molar-refractivity contribution in [3.63, 3.8) is 0 Å². The third-order valence-electron chi connectivity index (χ3n) is 4.55. The molecule has 0 radical (unpaired) electrons. The molecule has 1 atom stereocenters. The number of fused-ring (bicyclic) bond motifs is 1. The maximum Gasteiger partial charge on any atom is 0.329 e. The molecule has 0 saturated carbocycles. The number of carbonyl (C=O) groups is 4. The summed E-state index contributed by atoms with van der Waals surface area (Å²) in [6.07, 6.45) is 0.254. The number of imide groups is 1. The van der Waals surface area contributed by atoms with Gasteiger partial charge in [-0.15, -0.1) is 0 Å². The number of benzene rings is 2. The summed E-state index contributed by atoms with van der Waals surface area (Å²) in [6, 6.07) is 13.9. The molecular weight excluding hydrogens is 358 g/mol. The first kappa shape index (κ1) is 19.5. The summed E-state index contributed by atoms with van der Waals surface area (Å²) in [5, 5.41) is 0. The fourth-order valence-electron chi connectivity index (χ4n) is 3.18. The second-order valence-corrected chi connectivity index (χ2v) is 7.07. The first-order valence-electron chi connectivity index (χ1n) is 9.12. The van der Waals surface area contributed by atoms with Crippen LogP contribution in [0.25, 0.3) is 0 Å². The Labute approximate surface area is 163 Å². The van der Waals surface area contributed by atoms with Gasteiger partial charge < -0.3 is 4.74 Å². The van der Waals surface area contributed by atoms with Gasteiger partial charge in [-0.1, -0.05) is 56.3 Å². The van der Waals surface area contributed by atoms with Gasteiger partial charge >= 0.3 is 5.97 Å². The molecule has 0 aromatic heterocycles. The van der Waals surface area contributed by atoms with Crippen LogP contribution >= 0.6 is 0 Å². The summed E-state index contributed by atoms with van der Waals surface area (Å²) >= 11 is 0. The molecule has 0 N–H and O–H groups in total. The standard InChI is InChI=1S/C22H21NO5/c1-14(2)12-18(22(27)28-13-19(24)15-8-4-3-5-9-15)23-20(25)16-10-6-7-11-17(16)21(23)26/h3-11,14,18H,12-13H2,1-2H3. The Morgan fingerprint density at radius 2 is 1.43 bits per heavy atom. The topological polar surface area (TPSA) is 80.8 Å².